The molecule has 2 N–H and O–H groups in total. The Bertz CT molecular complexity index is 1940. The van der Waals surface area contributed by atoms with Crippen LogP contribution in [0, 0.1) is 20.2 Å². The molecule has 0 radical (unpaired) electrons. The van der Waals surface area contributed by atoms with Gasteiger partial charge in [0.1, 0.15) is 0 Å². The molecule has 15 nitrogen and oxygen atoms in total. The van der Waals surface area contributed by atoms with E-state index in [1.807, 2.05) is 33.1 Å². The van der Waals surface area contributed by atoms with E-state index in [4.69, 9.17) is 5.73 Å². The van der Waals surface area contributed by atoms with Crippen molar-refractivity contribution < 1.29 is 33.8 Å². The number of hydrogen-bond donors (Lipinski definition) is 1. The van der Waals surface area contributed by atoms with Crippen molar-refractivity contribution in [2.24, 2.45) is 5.73 Å². The number of cyclic esters (lactones) is 2. The molecule has 2 aliphatic heterocycles. The lowest BCUT2D eigenvalue weighted by Crippen LogP contribution is -2.43. The highest BCUT2D eigenvalue weighted by molar-refractivity contribution is 6.26. The normalized spacial score (nSPS) is 12.3. The standard InChI is InChI=1S/C16H15N3O4.C12H5NO5.C4H12N2.4CH4/c1-17(2)6-7-18-15(20)12-5-3-4-10-8-11(19(22)23)9-13(14(10)12)16(18)21;14-11-8-3-1-2-6-4-7(13(16)17)5-9(10(6)8)12(15)18-11;1-6(2)4-3-5;;;;/h3-5,8-9H,6-7H2,1-2H3;1-5H;3-5H2,1-2H3;4*1H4. The minimum atomic E-state index is -0.854. The van der Waals surface area contributed by atoms with E-state index in [0.29, 0.717) is 33.7 Å². The van der Waals surface area contributed by atoms with Crippen LogP contribution in [0.5, 0.6) is 0 Å². The van der Waals surface area contributed by atoms with Gasteiger partial charge in [-0.15, -0.1) is 0 Å². The van der Waals surface area contributed by atoms with E-state index in [0.717, 1.165) is 24.1 Å². The number of hydrogen-bond acceptors (Lipinski definition) is 12. The van der Waals surface area contributed by atoms with Gasteiger partial charge in [0, 0.05) is 66.8 Å². The molecule has 0 saturated heterocycles. The van der Waals surface area contributed by atoms with E-state index in [2.05, 4.69) is 9.64 Å². The number of nitro benzene ring substituents is 2. The number of carbonyl (C=O) groups excluding carboxylic acids is 4. The Labute approximate surface area is 297 Å². The summed E-state index contributed by atoms with van der Waals surface area (Å²) >= 11 is 0. The molecule has 0 fully saturated rings. The van der Waals surface area contributed by atoms with Crippen LogP contribution < -0.4 is 5.73 Å². The first-order valence-corrected chi connectivity index (χ1v) is 14.3. The number of carbonyl (C=O) groups is 4. The number of ether oxygens (including phenoxy) is 1. The number of rotatable bonds is 7. The highest BCUT2D eigenvalue weighted by Gasteiger charge is 2.34. The highest BCUT2D eigenvalue weighted by atomic mass is 16.6. The predicted molar refractivity (Wildman–Crippen MR) is 199 cm³/mol. The van der Waals surface area contributed by atoms with Crippen LogP contribution in [-0.2, 0) is 4.74 Å². The molecule has 2 amide bonds. The third-order valence-corrected chi connectivity index (χ3v) is 7.27. The van der Waals surface area contributed by atoms with Crippen molar-refractivity contribution in [1.29, 1.82) is 0 Å². The number of nitrogens with two attached hydrogens (primary N) is 1. The monoisotopic (exact) mass is 708 g/mol. The molecular formula is C36H48N6O9. The SMILES string of the molecule is C.C.C.C.CN(C)CCN.CN(C)CCN1C(=O)c2cccc3cc([N+](=O)[O-])cc(c23)C1=O.O=C1OC(=O)c2cc([N+](=O)[O-])cc3cccc1c23. The van der Waals surface area contributed by atoms with Gasteiger partial charge in [-0.05, 0) is 51.1 Å². The maximum Gasteiger partial charge on any atom is 0.346 e. The summed E-state index contributed by atoms with van der Waals surface area (Å²) in [6, 6.07) is 14.8. The fraction of sp³-hybridized carbons (Fsp3) is 0.333. The molecule has 4 aromatic carbocycles. The molecular weight excluding hydrogens is 660 g/mol. The van der Waals surface area contributed by atoms with Gasteiger partial charge in [0.05, 0.1) is 26.5 Å². The van der Waals surface area contributed by atoms with Crippen molar-refractivity contribution in [2.45, 2.75) is 29.7 Å². The fourth-order valence-electron chi connectivity index (χ4n) is 5.05. The number of nitro groups is 2. The summed E-state index contributed by atoms with van der Waals surface area (Å²) in [5.41, 5.74) is 5.74. The maximum absolute atomic E-state index is 12.7. The summed E-state index contributed by atoms with van der Waals surface area (Å²) in [5, 5.41) is 23.8. The van der Waals surface area contributed by atoms with Crippen LogP contribution in [0.1, 0.15) is 71.1 Å². The number of nitrogens with zero attached hydrogens (tertiary/aromatic N) is 5. The molecule has 4 aromatic rings. The molecule has 0 bridgehead atoms. The lowest BCUT2D eigenvalue weighted by molar-refractivity contribution is -0.384. The van der Waals surface area contributed by atoms with Crippen molar-refractivity contribution in [3.05, 3.63) is 103 Å². The van der Waals surface area contributed by atoms with Gasteiger partial charge < -0.3 is 20.3 Å². The molecule has 0 saturated carbocycles. The van der Waals surface area contributed by atoms with Crippen LogP contribution in [0.25, 0.3) is 21.5 Å². The molecule has 51 heavy (non-hydrogen) atoms. The Balaban J connectivity index is 0.000000805. The van der Waals surface area contributed by atoms with Crippen LogP contribution in [0.2, 0.25) is 0 Å². The van der Waals surface area contributed by atoms with E-state index in [1.165, 1.54) is 24.3 Å². The second-order valence-electron chi connectivity index (χ2n) is 11.1. The van der Waals surface area contributed by atoms with Crippen LogP contribution in [0.15, 0.2) is 60.7 Å². The van der Waals surface area contributed by atoms with Crippen LogP contribution in [0.4, 0.5) is 11.4 Å². The second-order valence-corrected chi connectivity index (χ2v) is 11.1. The summed E-state index contributed by atoms with van der Waals surface area (Å²) in [7, 11) is 7.70. The molecule has 0 aliphatic carbocycles. The number of non-ortho nitro benzene ring substituents is 2. The number of likely N-dealkylation sites (N-methyl/N-ethyl adjacent to an activating group) is 2. The fourth-order valence-corrected chi connectivity index (χ4v) is 5.05. The van der Waals surface area contributed by atoms with Gasteiger partial charge in [-0.25, -0.2) is 9.59 Å². The topological polar surface area (TPSA) is 200 Å². The predicted octanol–water partition coefficient (Wildman–Crippen LogP) is 6.02. The van der Waals surface area contributed by atoms with Gasteiger partial charge in [0.2, 0.25) is 0 Å². The van der Waals surface area contributed by atoms with Crippen LogP contribution in [-0.4, -0.2) is 103 Å². The van der Waals surface area contributed by atoms with Gasteiger partial charge >= 0.3 is 11.9 Å². The van der Waals surface area contributed by atoms with Crippen molar-refractivity contribution >= 4 is 56.7 Å². The Morgan fingerprint density at radius 3 is 1.53 bits per heavy atom. The third kappa shape index (κ3) is 9.75. The first-order chi connectivity index (χ1) is 22.2. The summed E-state index contributed by atoms with van der Waals surface area (Å²) in [6.45, 7) is 2.51. The van der Waals surface area contributed by atoms with Gasteiger partial charge in [0.15, 0.2) is 0 Å². The Kier molecular flexibility index (Phi) is 16.8. The number of benzene rings is 4. The maximum atomic E-state index is 12.7. The second kappa shape index (κ2) is 18.9. The van der Waals surface area contributed by atoms with E-state index in [9.17, 15) is 39.4 Å². The van der Waals surface area contributed by atoms with Gasteiger partial charge in [-0.2, -0.15) is 0 Å². The van der Waals surface area contributed by atoms with Gasteiger partial charge in [0.25, 0.3) is 23.2 Å². The first kappa shape index (κ1) is 45.4. The zero-order valence-electron chi connectivity index (χ0n) is 26.1. The minimum Gasteiger partial charge on any atom is -0.386 e. The largest absolute Gasteiger partial charge is 0.386 e. The lowest BCUT2D eigenvalue weighted by atomic mass is 9.93. The molecule has 0 aromatic heterocycles. The van der Waals surface area contributed by atoms with Crippen molar-refractivity contribution in [2.75, 3.05) is 54.4 Å². The zero-order valence-corrected chi connectivity index (χ0v) is 26.1. The molecule has 6 rings (SSSR count). The van der Waals surface area contributed by atoms with Gasteiger partial charge in [-0.1, -0.05) is 54.0 Å². The highest BCUT2D eigenvalue weighted by Crippen LogP contribution is 2.34. The molecule has 2 aliphatic rings. The number of esters is 2. The van der Waals surface area contributed by atoms with Crippen molar-refractivity contribution in [3.63, 3.8) is 0 Å². The average molecular weight is 709 g/mol. The summed E-state index contributed by atoms with van der Waals surface area (Å²) < 4.78 is 4.54. The quantitative estimate of drug-likeness (QED) is 0.0771. The lowest BCUT2D eigenvalue weighted by Gasteiger charge is -2.28. The van der Waals surface area contributed by atoms with E-state index < -0.39 is 27.7 Å². The van der Waals surface area contributed by atoms with Crippen LogP contribution >= 0.6 is 0 Å². The minimum absolute atomic E-state index is 0. The molecule has 0 unspecified atom stereocenters. The Morgan fingerprint density at radius 2 is 1.08 bits per heavy atom. The molecule has 0 spiro atoms. The summed E-state index contributed by atoms with van der Waals surface area (Å²) in [6.07, 6.45) is 0. The number of imide groups is 1. The van der Waals surface area contributed by atoms with E-state index in [-0.39, 0.29) is 70.2 Å². The molecule has 0 atom stereocenters. The van der Waals surface area contributed by atoms with Gasteiger partial charge in [-0.3, -0.25) is 34.7 Å². The number of amides is 2. The van der Waals surface area contributed by atoms with E-state index in [1.54, 1.807) is 30.3 Å². The average Bonchev–Trinajstić information content (AvgIpc) is 3.02. The summed E-state index contributed by atoms with van der Waals surface area (Å²) in [4.78, 5) is 74.2. The first-order valence-electron chi connectivity index (χ1n) is 14.3. The van der Waals surface area contributed by atoms with Crippen LogP contribution in [0.3, 0.4) is 0 Å². The molecule has 276 valence electrons. The molecule has 2 heterocycles. The van der Waals surface area contributed by atoms with Crippen molar-refractivity contribution in [3.8, 4) is 0 Å². The smallest absolute Gasteiger partial charge is 0.346 e. The van der Waals surface area contributed by atoms with E-state index >= 15 is 0 Å². The Hall–Kier alpha value is -5.64. The Morgan fingerprint density at radius 1 is 0.647 bits per heavy atom. The third-order valence-electron chi connectivity index (χ3n) is 7.27. The zero-order chi connectivity index (χ0) is 34.6. The summed E-state index contributed by atoms with van der Waals surface area (Å²) in [5.74, 6) is -2.42. The van der Waals surface area contributed by atoms with Crippen molar-refractivity contribution in [1.82, 2.24) is 14.7 Å². The molecule has 15 heteroatoms.